The molecule has 0 aromatic carbocycles. The summed E-state index contributed by atoms with van der Waals surface area (Å²) in [4.78, 5) is 3.14. The molecule has 0 unspecified atom stereocenters. The van der Waals surface area contributed by atoms with Gasteiger partial charge in [0.05, 0.1) is 0 Å². The summed E-state index contributed by atoms with van der Waals surface area (Å²) in [7, 11) is 0. The molecule has 1 aromatic heterocycles. The summed E-state index contributed by atoms with van der Waals surface area (Å²) in [5.74, 6) is 0.824. The van der Waals surface area contributed by atoms with Crippen molar-refractivity contribution in [1.29, 1.82) is 0 Å². The number of nitrogens with one attached hydrogen (secondary N) is 1. The van der Waals surface area contributed by atoms with E-state index in [9.17, 15) is 0 Å². The first-order valence-electron chi connectivity index (χ1n) is 3.02. The van der Waals surface area contributed by atoms with Crippen LogP contribution in [0.5, 0.6) is 0 Å². The number of hydrogen-bond donors (Lipinski definition) is 1. The van der Waals surface area contributed by atoms with E-state index in [0.29, 0.717) is 0 Å². The Balaban J connectivity index is 2.28. The number of hydrogen-bond acceptors (Lipinski definition) is 0. The maximum Gasteiger partial charge on any atom is 0.0258 e. The fraction of sp³-hybridized carbons (Fsp3) is 0.429. The lowest BCUT2D eigenvalue weighted by molar-refractivity contribution is 1.05. The van der Waals surface area contributed by atoms with Crippen molar-refractivity contribution >= 4 is 0 Å². The van der Waals surface area contributed by atoms with Crippen LogP contribution < -0.4 is 0 Å². The van der Waals surface area contributed by atoms with Crippen LogP contribution in [0.15, 0.2) is 12.3 Å². The van der Waals surface area contributed by atoms with Crippen LogP contribution in [0.3, 0.4) is 0 Å². The van der Waals surface area contributed by atoms with Crippen LogP contribution in [0.1, 0.15) is 24.5 Å². The van der Waals surface area contributed by atoms with Gasteiger partial charge in [-0.05, 0) is 24.8 Å². The Labute approximate surface area is 48.7 Å². The van der Waals surface area contributed by atoms with E-state index < -0.39 is 0 Å². The Kier molecular flexibility index (Phi) is 0.720. The lowest BCUT2D eigenvalue weighted by atomic mass is 10.3. The van der Waals surface area contributed by atoms with E-state index >= 15 is 0 Å². The van der Waals surface area contributed by atoms with E-state index in [0.717, 1.165) is 5.92 Å². The fourth-order valence-corrected chi connectivity index (χ4v) is 0.912. The van der Waals surface area contributed by atoms with Crippen molar-refractivity contribution in [3.8, 4) is 0 Å². The fourth-order valence-electron chi connectivity index (χ4n) is 0.912. The molecule has 1 radical (unpaired) electrons. The Morgan fingerprint density at radius 2 is 2.50 bits per heavy atom. The van der Waals surface area contributed by atoms with E-state index in [1.54, 1.807) is 0 Å². The molecule has 0 atom stereocenters. The molecule has 0 bridgehead atoms. The van der Waals surface area contributed by atoms with Gasteiger partial charge in [-0.3, -0.25) is 0 Å². The van der Waals surface area contributed by atoms with Crippen molar-refractivity contribution in [3.63, 3.8) is 0 Å². The van der Waals surface area contributed by atoms with Gasteiger partial charge in [0.1, 0.15) is 0 Å². The number of aromatic nitrogens is 1. The van der Waals surface area contributed by atoms with Crippen LogP contribution in [0, 0.1) is 6.07 Å². The summed E-state index contributed by atoms with van der Waals surface area (Å²) >= 11 is 0. The molecule has 1 N–H and O–H groups in total. The highest BCUT2D eigenvalue weighted by atomic mass is 14.7. The molecule has 8 heavy (non-hydrogen) atoms. The lowest BCUT2D eigenvalue weighted by Crippen LogP contribution is -1.73. The summed E-state index contributed by atoms with van der Waals surface area (Å²) < 4.78 is 0. The van der Waals surface area contributed by atoms with Crippen molar-refractivity contribution in [2.24, 2.45) is 0 Å². The topological polar surface area (TPSA) is 15.8 Å². The molecule has 1 aliphatic rings. The Hall–Kier alpha value is -0.720. The summed E-state index contributed by atoms with van der Waals surface area (Å²) in [6, 6.07) is 5.08. The van der Waals surface area contributed by atoms with Crippen LogP contribution >= 0.6 is 0 Å². The lowest BCUT2D eigenvalue weighted by Gasteiger charge is -1.84. The maximum absolute atomic E-state index is 3.14. The van der Waals surface area contributed by atoms with Gasteiger partial charge in [0.25, 0.3) is 0 Å². The van der Waals surface area contributed by atoms with Crippen molar-refractivity contribution in [2.45, 2.75) is 18.8 Å². The van der Waals surface area contributed by atoms with Gasteiger partial charge in [-0.15, -0.1) is 0 Å². The second-order valence-corrected chi connectivity index (χ2v) is 2.31. The minimum Gasteiger partial charge on any atom is -0.364 e. The average Bonchev–Trinajstić information content (AvgIpc) is 2.49. The van der Waals surface area contributed by atoms with Crippen molar-refractivity contribution in [1.82, 2.24) is 4.98 Å². The van der Waals surface area contributed by atoms with Crippen LogP contribution in [-0.4, -0.2) is 4.98 Å². The van der Waals surface area contributed by atoms with Gasteiger partial charge >= 0.3 is 0 Å². The SMILES string of the molecule is [c]1cc[nH]c1C1CC1. The average molecular weight is 106 g/mol. The summed E-state index contributed by atoms with van der Waals surface area (Å²) in [5.41, 5.74) is 1.30. The standard InChI is InChI=1S/C7H8N/c1-2-7(8-5-1)6-3-4-6/h1,5-6,8H,3-4H2. The molecule has 0 saturated heterocycles. The molecule has 1 heterocycles. The molecule has 1 aromatic rings. The number of H-pyrrole nitrogens is 1. The molecule has 2 rings (SSSR count). The Morgan fingerprint density at radius 3 is 3.00 bits per heavy atom. The van der Waals surface area contributed by atoms with Crippen LogP contribution in [0.4, 0.5) is 0 Å². The molecule has 1 fully saturated rings. The van der Waals surface area contributed by atoms with E-state index in [2.05, 4.69) is 11.1 Å². The largest absolute Gasteiger partial charge is 0.364 e. The Bertz CT molecular complexity index is 161. The van der Waals surface area contributed by atoms with Crippen LogP contribution in [0.2, 0.25) is 0 Å². The van der Waals surface area contributed by atoms with Gasteiger partial charge in [-0.2, -0.15) is 0 Å². The smallest absolute Gasteiger partial charge is 0.0258 e. The minimum atomic E-state index is 0.824. The van der Waals surface area contributed by atoms with Gasteiger partial charge in [0.2, 0.25) is 0 Å². The maximum atomic E-state index is 3.14. The summed E-state index contributed by atoms with van der Waals surface area (Å²) in [6.45, 7) is 0. The zero-order valence-electron chi connectivity index (χ0n) is 4.65. The van der Waals surface area contributed by atoms with Crippen LogP contribution in [0.25, 0.3) is 0 Å². The third-order valence-corrected chi connectivity index (χ3v) is 1.55. The quantitative estimate of drug-likeness (QED) is 0.560. The molecular weight excluding hydrogens is 98.1 g/mol. The van der Waals surface area contributed by atoms with Gasteiger partial charge in [-0.25, -0.2) is 0 Å². The second-order valence-electron chi connectivity index (χ2n) is 2.31. The van der Waals surface area contributed by atoms with Crippen LogP contribution in [-0.2, 0) is 0 Å². The van der Waals surface area contributed by atoms with Gasteiger partial charge in [0.15, 0.2) is 0 Å². The zero-order chi connectivity index (χ0) is 5.40. The summed E-state index contributed by atoms with van der Waals surface area (Å²) in [6.07, 6.45) is 4.65. The predicted octanol–water partition coefficient (Wildman–Crippen LogP) is 1.69. The molecule has 1 heteroatoms. The Morgan fingerprint density at radius 1 is 1.62 bits per heavy atom. The first-order chi connectivity index (χ1) is 3.97. The molecule has 0 aliphatic heterocycles. The third-order valence-electron chi connectivity index (χ3n) is 1.55. The van der Waals surface area contributed by atoms with Gasteiger partial charge in [0, 0.05) is 18.0 Å². The zero-order valence-corrected chi connectivity index (χ0v) is 4.65. The van der Waals surface area contributed by atoms with Gasteiger partial charge < -0.3 is 4.98 Å². The van der Waals surface area contributed by atoms with Crippen molar-refractivity contribution in [3.05, 3.63) is 24.0 Å². The molecule has 0 amide bonds. The molecule has 0 spiro atoms. The first-order valence-corrected chi connectivity index (χ1v) is 3.02. The molecule has 1 aliphatic carbocycles. The van der Waals surface area contributed by atoms with E-state index in [-0.39, 0.29) is 0 Å². The highest BCUT2D eigenvalue weighted by Crippen LogP contribution is 2.38. The highest BCUT2D eigenvalue weighted by molar-refractivity contribution is 5.13. The molecule has 1 nitrogen and oxygen atoms in total. The van der Waals surface area contributed by atoms with E-state index in [4.69, 9.17) is 0 Å². The third kappa shape index (κ3) is 0.548. The van der Waals surface area contributed by atoms with E-state index in [1.165, 1.54) is 18.5 Å². The molecule has 1 saturated carbocycles. The normalized spacial score (nSPS) is 19.0. The van der Waals surface area contributed by atoms with E-state index in [1.807, 2.05) is 12.3 Å². The first kappa shape index (κ1) is 4.19. The predicted molar refractivity (Wildman–Crippen MR) is 31.6 cm³/mol. The summed E-state index contributed by atoms with van der Waals surface area (Å²) in [5, 5.41) is 0. The number of aromatic amines is 1. The molecular formula is C7H8N. The van der Waals surface area contributed by atoms with Crippen molar-refractivity contribution in [2.75, 3.05) is 0 Å². The number of rotatable bonds is 1. The monoisotopic (exact) mass is 106 g/mol. The molecule has 41 valence electrons. The van der Waals surface area contributed by atoms with Gasteiger partial charge in [-0.1, -0.05) is 0 Å². The second kappa shape index (κ2) is 1.38. The van der Waals surface area contributed by atoms with Crippen molar-refractivity contribution < 1.29 is 0 Å². The minimum absolute atomic E-state index is 0.824. The highest BCUT2D eigenvalue weighted by Gasteiger charge is 2.23.